The molecule has 1 aromatic heterocycles. The average Bonchev–Trinajstić information content (AvgIpc) is 3.36. The van der Waals surface area contributed by atoms with E-state index in [-0.39, 0.29) is 11.8 Å². The van der Waals surface area contributed by atoms with Crippen LogP contribution in [0.2, 0.25) is 0 Å². The van der Waals surface area contributed by atoms with Gasteiger partial charge < -0.3 is 9.88 Å². The molecule has 8 nitrogen and oxygen atoms in total. The summed E-state index contributed by atoms with van der Waals surface area (Å²) in [5, 5.41) is 2.99. The van der Waals surface area contributed by atoms with Crippen molar-refractivity contribution in [2.24, 2.45) is 5.92 Å². The molecule has 0 radical (unpaired) electrons. The van der Waals surface area contributed by atoms with E-state index in [4.69, 9.17) is 0 Å². The van der Waals surface area contributed by atoms with Crippen molar-refractivity contribution in [3.05, 3.63) is 18.2 Å². The predicted octanol–water partition coefficient (Wildman–Crippen LogP) is 1.00. The monoisotopic (exact) mass is 397 g/mol. The summed E-state index contributed by atoms with van der Waals surface area (Å²) in [6, 6.07) is 0. The van der Waals surface area contributed by atoms with Crippen molar-refractivity contribution in [3.63, 3.8) is 0 Å². The summed E-state index contributed by atoms with van der Waals surface area (Å²) in [4.78, 5) is 16.4. The minimum Gasteiger partial charge on any atom is -0.356 e. The number of aromatic nitrogens is 2. The first-order chi connectivity index (χ1) is 13.0. The van der Waals surface area contributed by atoms with Crippen LogP contribution in [0.5, 0.6) is 0 Å². The Kier molecular flexibility index (Phi) is 6.88. The summed E-state index contributed by atoms with van der Waals surface area (Å²) in [6.07, 6.45) is 8.61. The number of imidazole rings is 1. The molecule has 0 aliphatic carbocycles. The standard InChI is InChI=1S/C18H31N5O3S/c1-2-17-19-8-13-21(17)12-7-18(24)20-14-16-6-5-11-23(15-16)27(25,26)22-9-3-4-10-22/h8,13,16H,2-7,9-12,14-15H2,1H3,(H,20,24). The number of amides is 1. The van der Waals surface area contributed by atoms with Gasteiger partial charge in [0.25, 0.3) is 10.2 Å². The summed E-state index contributed by atoms with van der Waals surface area (Å²) < 4.78 is 30.7. The third-order valence-electron chi connectivity index (χ3n) is 5.48. The number of rotatable bonds is 8. The van der Waals surface area contributed by atoms with E-state index in [0.717, 1.165) is 37.9 Å². The van der Waals surface area contributed by atoms with Gasteiger partial charge in [0.05, 0.1) is 0 Å². The third-order valence-corrected chi connectivity index (χ3v) is 7.49. The molecule has 9 heteroatoms. The zero-order valence-corrected chi connectivity index (χ0v) is 17.0. The van der Waals surface area contributed by atoms with Crippen molar-refractivity contribution < 1.29 is 13.2 Å². The van der Waals surface area contributed by atoms with Gasteiger partial charge in [-0.2, -0.15) is 17.0 Å². The zero-order valence-electron chi connectivity index (χ0n) is 16.1. The molecular formula is C18H31N5O3S. The van der Waals surface area contributed by atoms with E-state index in [9.17, 15) is 13.2 Å². The van der Waals surface area contributed by atoms with Crippen molar-refractivity contribution in [2.45, 2.75) is 52.0 Å². The Morgan fingerprint density at radius 1 is 1.22 bits per heavy atom. The van der Waals surface area contributed by atoms with Gasteiger partial charge in [0.15, 0.2) is 0 Å². The highest BCUT2D eigenvalue weighted by atomic mass is 32.2. The molecule has 1 aromatic rings. The molecule has 2 saturated heterocycles. The summed E-state index contributed by atoms with van der Waals surface area (Å²) in [7, 11) is -3.34. The van der Waals surface area contributed by atoms with E-state index in [1.165, 1.54) is 0 Å². The van der Waals surface area contributed by atoms with Gasteiger partial charge in [-0.1, -0.05) is 6.92 Å². The maximum absolute atomic E-state index is 12.7. The summed E-state index contributed by atoms with van der Waals surface area (Å²) >= 11 is 0. The lowest BCUT2D eigenvalue weighted by atomic mass is 10.00. The molecule has 152 valence electrons. The van der Waals surface area contributed by atoms with Crippen molar-refractivity contribution >= 4 is 16.1 Å². The number of aryl methyl sites for hydroxylation is 2. The van der Waals surface area contributed by atoms with Gasteiger partial charge in [-0.05, 0) is 31.6 Å². The van der Waals surface area contributed by atoms with Crippen molar-refractivity contribution in [1.29, 1.82) is 0 Å². The zero-order chi connectivity index (χ0) is 19.3. The molecule has 0 spiro atoms. The molecule has 0 saturated carbocycles. The fourth-order valence-electron chi connectivity index (χ4n) is 3.91. The maximum atomic E-state index is 12.7. The first kappa shape index (κ1) is 20.3. The second-order valence-electron chi connectivity index (χ2n) is 7.42. The number of carbonyl (C=O) groups excluding carboxylic acids is 1. The molecule has 2 aliphatic rings. The van der Waals surface area contributed by atoms with Crippen LogP contribution < -0.4 is 5.32 Å². The smallest absolute Gasteiger partial charge is 0.281 e. The molecular weight excluding hydrogens is 366 g/mol. The largest absolute Gasteiger partial charge is 0.356 e. The Bertz CT molecular complexity index is 727. The summed E-state index contributed by atoms with van der Waals surface area (Å²) in [6.45, 7) is 5.56. The van der Waals surface area contributed by atoms with E-state index in [1.807, 2.05) is 17.7 Å². The van der Waals surface area contributed by atoms with Crippen molar-refractivity contribution in [1.82, 2.24) is 23.5 Å². The maximum Gasteiger partial charge on any atom is 0.281 e. The Morgan fingerprint density at radius 3 is 2.70 bits per heavy atom. The quantitative estimate of drug-likeness (QED) is 0.709. The molecule has 1 N–H and O–H groups in total. The molecule has 27 heavy (non-hydrogen) atoms. The van der Waals surface area contributed by atoms with Crippen LogP contribution in [0.4, 0.5) is 0 Å². The second-order valence-corrected chi connectivity index (χ2v) is 9.35. The highest BCUT2D eigenvalue weighted by molar-refractivity contribution is 7.86. The Labute approximate surface area is 162 Å². The average molecular weight is 398 g/mol. The number of piperidine rings is 1. The molecule has 2 fully saturated rings. The van der Waals surface area contributed by atoms with Crippen LogP contribution in [0, 0.1) is 5.92 Å². The number of hydrogen-bond acceptors (Lipinski definition) is 4. The summed E-state index contributed by atoms with van der Waals surface area (Å²) in [5.74, 6) is 1.17. The van der Waals surface area contributed by atoms with Crippen LogP contribution in [0.1, 0.15) is 44.9 Å². The molecule has 3 heterocycles. The first-order valence-electron chi connectivity index (χ1n) is 10.0. The Hall–Kier alpha value is -1.45. The lowest BCUT2D eigenvalue weighted by molar-refractivity contribution is -0.121. The molecule has 1 amide bonds. The first-order valence-corrected chi connectivity index (χ1v) is 11.4. The SMILES string of the molecule is CCc1nccn1CCC(=O)NCC1CCCN(S(=O)(=O)N2CCCC2)C1. The van der Waals surface area contributed by atoms with E-state index in [1.54, 1.807) is 14.8 Å². The van der Waals surface area contributed by atoms with E-state index in [0.29, 0.717) is 45.7 Å². The van der Waals surface area contributed by atoms with Gasteiger partial charge in [0.1, 0.15) is 5.82 Å². The van der Waals surface area contributed by atoms with Crippen LogP contribution in [-0.2, 0) is 28.0 Å². The lowest BCUT2D eigenvalue weighted by Gasteiger charge is -2.34. The second kappa shape index (κ2) is 9.16. The van der Waals surface area contributed by atoms with Gasteiger partial charge in [0, 0.05) is 64.5 Å². The lowest BCUT2D eigenvalue weighted by Crippen LogP contribution is -2.48. The molecule has 1 atom stereocenters. The van der Waals surface area contributed by atoms with Crippen LogP contribution in [0.15, 0.2) is 12.4 Å². The van der Waals surface area contributed by atoms with Gasteiger partial charge in [-0.3, -0.25) is 4.79 Å². The van der Waals surface area contributed by atoms with Gasteiger partial charge in [-0.25, -0.2) is 4.98 Å². The minimum absolute atomic E-state index is 0.00489. The van der Waals surface area contributed by atoms with Crippen molar-refractivity contribution in [2.75, 3.05) is 32.7 Å². The third kappa shape index (κ3) is 5.08. The van der Waals surface area contributed by atoms with Gasteiger partial charge in [-0.15, -0.1) is 0 Å². The van der Waals surface area contributed by atoms with Gasteiger partial charge >= 0.3 is 0 Å². The number of nitrogens with zero attached hydrogens (tertiary/aromatic N) is 4. The molecule has 0 bridgehead atoms. The van der Waals surface area contributed by atoms with E-state index >= 15 is 0 Å². The van der Waals surface area contributed by atoms with Crippen LogP contribution >= 0.6 is 0 Å². The van der Waals surface area contributed by atoms with E-state index in [2.05, 4.69) is 10.3 Å². The Morgan fingerprint density at radius 2 is 1.96 bits per heavy atom. The highest BCUT2D eigenvalue weighted by Crippen LogP contribution is 2.23. The highest BCUT2D eigenvalue weighted by Gasteiger charge is 2.34. The Balaban J connectivity index is 1.44. The topological polar surface area (TPSA) is 87.5 Å². The molecule has 3 rings (SSSR count). The summed E-state index contributed by atoms with van der Waals surface area (Å²) in [5.41, 5.74) is 0. The van der Waals surface area contributed by atoms with Crippen LogP contribution in [0.3, 0.4) is 0 Å². The molecule has 1 unspecified atom stereocenters. The predicted molar refractivity (Wildman–Crippen MR) is 103 cm³/mol. The van der Waals surface area contributed by atoms with E-state index < -0.39 is 10.2 Å². The fourth-order valence-corrected chi connectivity index (χ4v) is 5.72. The number of hydrogen-bond donors (Lipinski definition) is 1. The number of nitrogens with one attached hydrogen (secondary N) is 1. The van der Waals surface area contributed by atoms with Crippen LogP contribution in [0.25, 0.3) is 0 Å². The minimum atomic E-state index is -3.34. The molecule has 0 aromatic carbocycles. The number of carbonyl (C=O) groups is 1. The molecule has 2 aliphatic heterocycles. The fraction of sp³-hybridized carbons (Fsp3) is 0.778. The van der Waals surface area contributed by atoms with Crippen molar-refractivity contribution in [3.8, 4) is 0 Å². The normalized spacial score (nSPS) is 22.2. The van der Waals surface area contributed by atoms with Crippen LogP contribution in [-0.4, -0.2) is 65.2 Å². The van der Waals surface area contributed by atoms with Gasteiger partial charge in [0.2, 0.25) is 5.91 Å².